The van der Waals surface area contributed by atoms with Crippen molar-refractivity contribution >= 4 is 33.3 Å². The van der Waals surface area contributed by atoms with Crippen LogP contribution < -0.4 is 24.8 Å². The Hall–Kier alpha value is -3.26. The molecule has 0 spiro atoms. The van der Waals surface area contributed by atoms with Gasteiger partial charge in [-0.3, -0.25) is 9.59 Å². The van der Waals surface area contributed by atoms with Crippen molar-refractivity contribution in [3.05, 3.63) is 69.0 Å². The van der Waals surface area contributed by atoms with Gasteiger partial charge >= 0.3 is 0 Å². The zero-order chi connectivity index (χ0) is 24.9. The molecule has 2 aliphatic heterocycles. The maximum absolute atomic E-state index is 13.8. The normalized spacial score (nSPS) is 20.4. The molecule has 1 aliphatic carbocycles. The van der Waals surface area contributed by atoms with Crippen LogP contribution in [0.3, 0.4) is 0 Å². The number of carbonyl (C=O) groups excluding carboxylic acids is 2. The van der Waals surface area contributed by atoms with Crippen LogP contribution in [-0.4, -0.2) is 25.6 Å². The fourth-order valence-electron chi connectivity index (χ4n) is 5.14. The number of para-hydroxylation sites is 2. The summed E-state index contributed by atoms with van der Waals surface area (Å²) in [4.78, 5) is 27.4. The van der Waals surface area contributed by atoms with Gasteiger partial charge in [0.05, 0.1) is 12.8 Å². The largest absolute Gasteiger partial charge is 0.495 e. The third-order valence-electron chi connectivity index (χ3n) is 6.64. The minimum absolute atomic E-state index is 0.0356. The van der Waals surface area contributed by atoms with Crippen molar-refractivity contribution in [2.75, 3.05) is 19.2 Å². The molecule has 182 valence electrons. The maximum atomic E-state index is 13.8. The van der Waals surface area contributed by atoms with Crippen molar-refractivity contribution in [1.82, 2.24) is 5.32 Å². The first kappa shape index (κ1) is 23.5. The summed E-state index contributed by atoms with van der Waals surface area (Å²) in [7, 11) is 1.56. The zero-order valence-electron chi connectivity index (χ0n) is 20.1. The summed E-state index contributed by atoms with van der Waals surface area (Å²) in [5, 5.41) is 6.39. The van der Waals surface area contributed by atoms with Gasteiger partial charge in [-0.15, -0.1) is 0 Å². The number of fused-ring (bicyclic) bond motifs is 1. The van der Waals surface area contributed by atoms with E-state index in [4.69, 9.17) is 14.2 Å². The molecule has 0 radical (unpaired) electrons. The van der Waals surface area contributed by atoms with E-state index in [9.17, 15) is 9.59 Å². The molecule has 1 amide bonds. The van der Waals surface area contributed by atoms with Gasteiger partial charge in [0.2, 0.25) is 6.79 Å². The van der Waals surface area contributed by atoms with Crippen molar-refractivity contribution in [1.29, 1.82) is 0 Å². The Bertz CT molecular complexity index is 1310. The summed E-state index contributed by atoms with van der Waals surface area (Å²) in [5.41, 5.74) is 3.84. The summed E-state index contributed by atoms with van der Waals surface area (Å²) >= 11 is 3.67. The van der Waals surface area contributed by atoms with Gasteiger partial charge in [0.15, 0.2) is 17.3 Å². The average molecular weight is 539 g/mol. The Balaban J connectivity index is 1.65. The number of ether oxygens (including phenoxy) is 3. The van der Waals surface area contributed by atoms with E-state index in [-0.39, 0.29) is 23.9 Å². The van der Waals surface area contributed by atoms with Crippen molar-refractivity contribution in [2.45, 2.75) is 39.5 Å². The summed E-state index contributed by atoms with van der Waals surface area (Å²) in [5.74, 6) is 0.925. The highest BCUT2D eigenvalue weighted by atomic mass is 79.9. The van der Waals surface area contributed by atoms with Crippen LogP contribution in [0.1, 0.15) is 45.1 Å². The van der Waals surface area contributed by atoms with Crippen molar-refractivity contribution in [3.63, 3.8) is 0 Å². The monoisotopic (exact) mass is 538 g/mol. The van der Waals surface area contributed by atoms with Gasteiger partial charge in [-0.2, -0.15) is 0 Å². The average Bonchev–Trinajstić information content (AvgIpc) is 3.24. The molecule has 7 nitrogen and oxygen atoms in total. The molecule has 2 N–H and O–H groups in total. The number of amides is 1. The molecule has 0 saturated carbocycles. The standard InChI is InChI=1S/C27H27BrN2O5/c1-14-23(26(32)30-17-7-5-6-8-20(17)33-4)24(15-9-21-22(10-16(15)28)35-13-34-21)25-18(29-14)11-27(2,3)12-19(25)31/h5-10,24,29H,11-13H2,1-4H3,(H,30,32). The first-order valence-corrected chi connectivity index (χ1v) is 12.3. The quantitative estimate of drug-likeness (QED) is 0.539. The fourth-order valence-corrected chi connectivity index (χ4v) is 5.69. The molecular weight excluding hydrogens is 512 g/mol. The lowest BCUT2D eigenvalue weighted by atomic mass is 9.68. The Kier molecular flexibility index (Phi) is 5.87. The number of dihydropyridines is 1. The van der Waals surface area contributed by atoms with Gasteiger partial charge in [-0.1, -0.05) is 41.9 Å². The molecule has 1 atom stereocenters. The maximum Gasteiger partial charge on any atom is 0.254 e. The molecule has 1 unspecified atom stereocenters. The molecule has 2 aromatic carbocycles. The molecule has 8 heteroatoms. The Morgan fingerprint density at radius 1 is 1.17 bits per heavy atom. The summed E-state index contributed by atoms with van der Waals surface area (Å²) < 4.78 is 17.3. The molecule has 0 bridgehead atoms. The minimum atomic E-state index is -0.576. The zero-order valence-corrected chi connectivity index (χ0v) is 21.7. The summed E-state index contributed by atoms with van der Waals surface area (Å²) in [6.45, 7) is 6.19. The molecule has 2 aromatic rings. The van der Waals surface area contributed by atoms with Gasteiger partial charge in [0.1, 0.15) is 5.75 Å². The molecule has 0 aromatic heterocycles. The van der Waals surface area contributed by atoms with Gasteiger partial charge in [0, 0.05) is 39.4 Å². The van der Waals surface area contributed by atoms with E-state index in [0.717, 1.165) is 15.7 Å². The van der Waals surface area contributed by atoms with Crippen LogP contribution in [-0.2, 0) is 9.59 Å². The molecule has 0 saturated heterocycles. The second kappa shape index (κ2) is 8.75. The number of allylic oxidation sites excluding steroid dienone is 3. The number of rotatable bonds is 4. The van der Waals surface area contributed by atoms with Gasteiger partial charge in [-0.25, -0.2) is 0 Å². The number of carbonyl (C=O) groups is 2. The van der Waals surface area contributed by atoms with E-state index in [2.05, 4.69) is 40.4 Å². The Morgan fingerprint density at radius 2 is 1.89 bits per heavy atom. The Morgan fingerprint density at radius 3 is 2.63 bits per heavy atom. The lowest BCUT2D eigenvalue weighted by Gasteiger charge is -2.40. The van der Waals surface area contributed by atoms with Crippen LogP contribution >= 0.6 is 15.9 Å². The molecule has 0 fully saturated rings. The second-order valence-electron chi connectivity index (χ2n) is 9.81. The number of hydrogen-bond acceptors (Lipinski definition) is 6. The summed E-state index contributed by atoms with van der Waals surface area (Å²) in [6, 6.07) is 10.9. The lowest BCUT2D eigenvalue weighted by Crippen LogP contribution is -2.39. The number of ketones is 1. The number of anilines is 1. The van der Waals surface area contributed by atoms with Crippen LogP contribution in [0.25, 0.3) is 0 Å². The van der Waals surface area contributed by atoms with E-state index < -0.39 is 5.92 Å². The highest BCUT2D eigenvalue weighted by molar-refractivity contribution is 9.10. The highest BCUT2D eigenvalue weighted by Gasteiger charge is 2.43. The smallest absolute Gasteiger partial charge is 0.254 e. The molecule has 35 heavy (non-hydrogen) atoms. The molecule has 5 rings (SSSR count). The van der Waals surface area contributed by atoms with Gasteiger partial charge in [-0.05, 0) is 48.6 Å². The number of hydrogen-bond donors (Lipinski definition) is 2. The van der Waals surface area contributed by atoms with Crippen LogP contribution in [0.4, 0.5) is 5.69 Å². The molecular formula is C27H27BrN2O5. The van der Waals surface area contributed by atoms with Crippen LogP contribution in [0.15, 0.2) is 63.4 Å². The highest BCUT2D eigenvalue weighted by Crippen LogP contribution is 2.50. The van der Waals surface area contributed by atoms with E-state index >= 15 is 0 Å². The number of halogens is 1. The van der Waals surface area contributed by atoms with Crippen molar-refractivity contribution in [3.8, 4) is 17.2 Å². The number of Topliss-reactive ketones (excluding diaryl/α,β-unsaturated/α-hetero) is 1. The number of methoxy groups -OCH3 is 1. The van der Waals surface area contributed by atoms with Gasteiger partial charge in [0.25, 0.3) is 5.91 Å². The van der Waals surface area contributed by atoms with Crippen LogP contribution in [0.2, 0.25) is 0 Å². The van der Waals surface area contributed by atoms with Crippen LogP contribution in [0.5, 0.6) is 17.2 Å². The lowest BCUT2D eigenvalue weighted by molar-refractivity contribution is -0.118. The van der Waals surface area contributed by atoms with Crippen molar-refractivity contribution < 1.29 is 23.8 Å². The minimum Gasteiger partial charge on any atom is -0.495 e. The summed E-state index contributed by atoms with van der Waals surface area (Å²) in [6.07, 6.45) is 1.12. The number of nitrogens with one attached hydrogen (secondary N) is 2. The van der Waals surface area contributed by atoms with E-state index in [1.807, 2.05) is 31.2 Å². The first-order valence-electron chi connectivity index (χ1n) is 11.5. The van der Waals surface area contributed by atoms with Gasteiger partial charge < -0.3 is 24.8 Å². The fraction of sp³-hybridized carbons (Fsp3) is 0.333. The second-order valence-corrected chi connectivity index (χ2v) is 10.7. The predicted octanol–water partition coefficient (Wildman–Crippen LogP) is 5.43. The van der Waals surface area contributed by atoms with E-state index in [0.29, 0.717) is 52.6 Å². The predicted molar refractivity (Wildman–Crippen MR) is 136 cm³/mol. The van der Waals surface area contributed by atoms with E-state index in [1.54, 1.807) is 19.2 Å². The SMILES string of the molecule is COc1ccccc1NC(=O)C1=C(C)NC2=C(C(=O)CC(C)(C)C2)C1c1cc2c(cc1Br)OCO2. The molecule has 2 heterocycles. The van der Waals surface area contributed by atoms with Crippen molar-refractivity contribution in [2.24, 2.45) is 5.41 Å². The van der Waals surface area contributed by atoms with Crippen LogP contribution in [0, 0.1) is 5.41 Å². The topological polar surface area (TPSA) is 85.9 Å². The first-order chi connectivity index (χ1) is 16.7. The number of benzene rings is 2. The third kappa shape index (κ3) is 4.20. The Labute approximate surface area is 212 Å². The molecule has 3 aliphatic rings. The van der Waals surface area contributed by atoms with E-state index in [1.165, 1.54) is 0 Å². The third-order valence-corrected chi connectivity index (χ3v) is 7.33.